The molecule has 0 aliphatic carbocycles. The Morgan fingerprint density at radius 1 is 1.10 bits per heavy atom. The minimum atomic E-state index is 0.437. The smallest absolute Gasteiger partial charge is 0.194 e. The second-order valence-corrected chi connectivity index (χ2v) is 7.27. The van der Waals surface area contributed by atoms with Crippen molar-refractivity contribution < 1.29 is 9.47 Å². The second-order valence-electron chi connectivity index (χ2n) is 7.27. The number of rotatable bonds is 6. The van der Waals surface area contributed by atoms with E-state index in [1.807, 2.05) is 34.9 Å². The predicted molar refractivity (Wildman–Crippen MR) is 120 cm³/mol. The quantitative estimate of drug-likeness (QED) is 0.488. The highest BCUT2D eigenvalue weighted by Gasteiger charge is 2.22. The Morgan fingerprint density at radius 2 is 1.84 bits per heavy atom. The van der Waals surface area contributed by atoms with E-state index >= 15 is 0 Å². The van der Waals surface area contributed by atoms with Crippen LogP contribution in [0.5, 0.6) is 11.5 Å². The van der Waals surface area contributed by atoms with Gasteiger partial charge < -0.3 is 19.7 Å². The van der Waals surface area contributed by atoms with Gasteiger partial charge in [-0.3, -0.25) is 4.57 Å². The number of hydrogen-bond donors (Lipinski definition) is 1. The topological polar surface area (TPSA) is 76.8 Å². The molecule has 0 saturated heterocycles. The molecule has 1 aromatic heterocycles. The average molecular weight is 421 g/mol. The minimum Gasteiger partial charge on any atom is -0.493 e. The standard InChI is InChI=1S/C23H28N6O2/c1-4-24-23(25-14-22-27-26-16-29(22)19-8-6-5-7-9-19)28-11-10-17-12-20(30-2)21(31-3)13-18(17)15-28/h5-9,12-13,16H,4,10-11,14-15H2,1-3H3,(H,24,25). The number of methoxy groups -OCH3 is 2. The number of nitrogens with one attached hydrogen (secondary N) is 1. The molecule has 8 heteroatoms. The summed E-state index contributed by atoms with van der Waals surface area (Å²) < 4.78 is 12.9. The molecule has 162 valence electrons. The van der Waals surface area contributed by atoms with Crippen molar-refractivity contribution >= 4 is 5.96 Å². The number of guanidine groups is 1. The van der Waals surface area contributed by atoms with Gasteiger partial charge in [0.2, 0.25) is 0 Å². The van der Waals surface area contributed by atoms with E-state index in [0.717, 1.165) is 55.0 Å². The fourth-order valence-electron chi connectivity index (χ4n) is 3.81. The van der Waals surface area contributed by atoms with Crippen LogP contribution in [0.1, 0.15) is 23.9 Å². The number of hydrogen-bond acceptors (Lipinski definition) is 5. The Balaban J connectivity index is 1.55. The Kier molecular flexibility index (Phi) is 6.35. The summed E-state index contributed by atoms with van der Waals surface area (Å²) in [7, 11) is 3.34. The third-order valence-electron chi connectivity index (χ3n) is 5.38. The molecule has 1 aliphatic heterocycles. The molecular weight excluding hydrogens is 392 g/mol. The van der Waals surface area contributed by atoms with Crippen LogP contribution >= 0.6 is 0 Å². The van der Waals surface area contributed by atoms with Crippen LogP contribution in [-0.4, -0.2) is 52.9 Å². The zero-order chi connectivity index (χ0) is 21.6. The van der Waals surface area contributed by atoms with Gasteiger partial charge in [0.05, 0.1) is 14.2 Å². The van der Waals surface area contributed by atoms with Crippen LogP contribution in [0.2, 0.25) is 0 Å². The van der Waals surface area contributed by atoms with E-state index in [1.165, 1.54) is 11.1 Å². The molecule has 0 saturated carbocycles. The van der Waals surface area contributed by atoms with Crippen LogP contribution in [0, 0.1) is 0 Å². The summed E-state index contributed by atoms with van der Waals surface area (Å²) in [6, 6.07) is 14.2. The number of nitrogens with zero attached hydrogens (tertiary/aromatic N) is 5. The summed E-state index contributed by atoms with van der Waals surface area (Å²) in [5, 5.41) is 11.8. The van der Waals surface area contributed by atoms with Crippen LogP contribution in [0.4, 0.5) is 0 Å². The molecule has 0 bridgehead atoms. The fraction of sp³-hybridized carbons (Fsp3) is 0.348. The summed E-state index contributed by atoms with van der Waals surface area (Å²) in [5.41, 5.74) is 3.53. The van der Waals surface area contributed by atoms with E-state index in [9.17, 15) is 0 Å². The van der Waals surface area contributed by atoms with Gasteiger partial charge in [0.1, 0.15) is 12.9 Å². The summed E-state index contributed by atoms with van der Waals surface area (Å²) in [4.78, 5) is 7.13. The Labute approximate surface area is 182 Å². The molecule has 0 atom stereocenters. The van der Waals surface area contributed by atoms with Crippen molar-refractivity contribution in [3.63, 3.8) is 0 Å². The Hall–Kier alpha value is -3.55. The highest BCUT2D eigenvalue weighted by molar-refractivity contribution is 5.80. The average Bonchev–Trinajstić information content (AvgIpc) is 3.29. The maximum Gasteiger partial charge on any atom is 0.194 e. The number of aliphatic imine (C=N–C) groups is 1. The lowest BCUT2D eigenvalue weighted by molar-refractivity contribution is 0.346. The Bertz CT molecular complexity index is 1050. The first-order valence-corrected chi connectivity index (χ1v) is 10.4. The lowest BCUT2D eigenvalue weighted by Gasteiger charge is -2.32. The van der Waals surface area contributed by atoms with Crippen molar-refractivity contribution in [1.29, 1.82) is 0 Å². The summed E-state index contributed by atoms with van der Waals surface area (Å²) in [5.74, 6) is 3.19. The van der Waals surface area contributed by atoms with Crippen molar-refractivity contribution in [2.45, 2.75) is 26.4 Å². The Morgan fingerprint density at radius 3 is 2.55 bits per heavy atom. The highest BCUT2D eigenvalue weighted by Crippen LogP contribution is 2.33. The van der Waals surface area contributed by atoms with Crippen molar-refractivity contribution in [1.82, 2.24) is 25.0 Å². The third kappa shape index (κ3) is 4.47. The van der Waals surface area contributed by atoms with Crippen molar-refractivity contribution in [2.24, 2.45) is 4.99 Å². The molecule has 8 nitrogen and oxygen atoms in total. The number of fused-ring (bicyclic) bond motifs is 1. The number of benzene rings is 2. The molecule has 1 aliphatic rings. The zero-order valence-electron chi connectivity index (χ0n) is 18.2. The van der Waals surface area contributed by atoms with Crippen LogP contribution < -0.4 is 14.8 Å². The molecule has 2 aromatic carbocycles. The third-order valence-corrected chi connectivity index (χ3v) is 5.38. The first-order valence-electron chi connectivity index (χ1n) is 10.4. The first-order chi connectivity index (χ1) is 15.2. The summed E-state index contributed by atoms with van der Waals surface area (Å²) in [6.45, 7) is 4.94. The van der Waals surface area contributed by atoms with E-state index in [-0.39, 0.29) is 0 Å². The van der Waals surface area contributed by atoms with Crippen molar-refractivity contribution in [3.05, 3.63) is 65.7 Å². The van der Waals surface area contributed by atoms with Gasteiger partial charge in [0.25, 0.3) is 0 Å². The summed E-state index contributed by atoms with van der Waals surface area (Å²) >= 11 is 0. The monoisotopic (exact) mass is 420 g/mol. The minimum absolute atomic E-state index is 0.437. The van der Waals surface area contributed by atoms with Crippen molar-refractivity contribution in [2.75, 3.05) is 27.3 Å². The van der Waals surface area contributed by atoms with Crippen LogP contribution in [0.25, 0.3) is 5.69 Å². The van der Waals surface area contributed by atoms with Crippen molar-refractivity contribution in [3.8, 4) is 17.2 Å². The molecule has 0 spiro atoms. The molecule has 3 aromatic rings. The van der Waals surface area contributed by atoms with Gasteiger partial charge in [-0.15, -0.1) is 10.2 Å². The van der Waals surface area contributed by atoms with Gasteiger partial charge in [-0.25, -0.2) is 4.99 Å². The van der Waals surface area contributed by atoms with Gasteiger partial charge in [0.15, 0.2) is 23.3 Å². The fourth-order valence-corrected chi connectivity index (χ4v) is 3.81. The van der Waals surface area contributed by atoms with Crippen LogP contribution in [0.3, 0.4) is 0 Å². The maximum atomic E-state index is 5.49. The predicted octanol–water partition coefficient (Wildman–Crippen LogP) is 2.81. The van der Waals surface area contributed by atoms with Gasteiger partial charge in [-0.1, -0.05) is 18.2 Å². The number of ether oxygens (including phenoxy) is 2. The lowest BCUT2D eigenvalue weighted by atomic mass is 9.99. The first kappa shape index (κ1) is 20.7. The largest absolute Gasteiger partial charge is 0.493 e. The van der Waals surface area contributed by atoms with Crippen LogP contribution in [0.15, 0.2) is 53.8 Å². The molecule has 0 amide bonds. The second kappa shape index (κ2) is 9.51. The SMILES string of the molecule is CCNC(=NCc1nncn1-c1ccccc1)N1CCc2cc(OC)c(OC)cc2C1. The van der Waals surface area contributed by atoms with E-state index in [0.29, 0.717) is 6.54 Å². The zero-order valence-corrected chi connectivity index (χ0v) is 18.2. The molecule has 0 fully saturated rings. The molecule has 1 N–H and O–H groups in total. The maximum absolute atomic E-state index is 5.49. The van der Waals surface area contributed by atoms with E-state index in [2.05, 4.69) is 39.5 Å². The highest BCUT2D eigenvalue weighted by atomic mass is 16.5. The molecule has 31 heavy (non-hydrogen) atoms. The summed E-state index contributed by atoms with van der Waals surface area (Å²) in [6.07, 6.45) is 2.64. The molecule has 4 rings (SSSR count). The number of aromatic nitrogens is 3. The molecule has 0 unspecified atom stereocenters. The lowest BCUT2D eigenvalue weighted by Crippen LogP contribution is -2.44. The van der Waals surface area contributed by atoms with Gasteiger partial charge in [0, 0.05) is 25.3 Å². The van der Waals surface area contributed by atoms with Gasteiger partial charge >= 0.3 is 0 Å². The number of para-hydroxylation sites is 1. The van der Waals surface area contributed by atoms with E-state index in [4.69, 9.17) is 14.5 Å². The van der Waals surface area contributed by atoms with E-state index in [1.54, 1.807) is 20.5 Å². The normalized spacial score (nSPS) is 13.6. The van der Waals surface area contributed by atoms with Crippen LogP contribution in [-0.2, 0) is 19.5 Å². The van der Waals surface area contributed by atoms with E-state index < -0.39 is 0 Å². The molecular formula is C23H28N6O2. The molecule has 0 radical (unpaired) electrons. The molecule has 2 heterocycles. The van der Waals surface area contributed by atoms with Gasteiger partial charge in [-0.2, -0.15) is 0 Å². The van der Waals surface area contributed by atoms with Gasteiger partial charge in [-0.05, 0) is 48.7 Å².